The number of nitrogens with zero attached hydrogens (tertiary/aromatic N) is 2. The summed E-state index contributed by atoms with van der Waals surface area (Å²) >= 11 is 0. The number of benzene rings is 2. The topological polar surface area (TPSA) is 61.8 Å². The average molecular weight is 433 g/mol. The van der Waals surface area contributed by atoms with Crippen LogP contribution in [0.3, 0.4) is 0 Å². The summed E-state index contributed by atoms with van der Waals surface area (Å²) in [4.78, 5) is 30.8. The van der Waals surface area contributed by atoms with Crippen molar-refractivity contribution in [2.45, 2.75) is 43.6 Å². The molecular formula is C22H19F4N3O2. The Balaban J connectivity index is 1.80. The van der Waals surface area contributed by atoms with Gasteiger partial charge in [0.2, 0.25) is 0 Å². The van der Waals surface area contributed by atoms with Crippen molar-refractivity contribution in [1.29, 1.82) is 0 Å². The van der Waals surface area contributed by atoms with E-state index in [1.165, 1.54) is 0 Å². The number of rotatable bonds is 4. The molecule has 1 heterocycles. The van der Waals surface area contributed by atoms with Crippen molar-refractivity contribution in [1.82, 2.24) is 10.2 Å². The fourth-order valence-electron chi connectivity index (χ4n) is 4.00. The molecule has 0 unspecified atom stereocenters. The van der Waals surface area contributed by atoms with Crippen LogP contribution in [0, 0.1) is 5.82 Å². The maximum atomic E-state index is 14.3. The lowest BCUT2D eigenvalue weighted by Crippen LogP contribution is -2.64. The monoisotopic (exact) mass is 433 g/mol. The Morgan fingerprint density at radius 2 is 1.65 bits per heavy atom. The number of alkyl halides is 3. The van der Waals surface area contributed by atoms with Crippen LogP contribution in [0.5, 0.6) is 0 Å². The van der Waals surface area contributed by atoms with Crippen LogP contribution in [-0.2, 0) is 4.79 Å². The van der Waals surface area contributed by atoms with E-state index in [9.17, 15) is 27.2 Å². The maximum Gasteiger partial charge on any atom is 0.442 e. The number of hydrogen-bond acceptors (Lipinski definition) is 3. The Kier molecular flexibility index (Phi) is 5.28. The predicted octanol–water partition coefficient (Wildman–Crippen LogP) is 4.05. The van der Waals surface area contributed by atoms with E-state index in [2.05, 4.69) is 4.99 Å². The summed E-state index contributed by atoms with van der Waals surface area (Å²) in [5.41, 5.74) is -3.31. The van der Waals surface area contributed by atoms with Gasteiger partial charge in [0.15, 0.2) is 0 Å². The fourth-order valence-corrected chi connectivity index (χ4v) is 4.00. The van der Waals surface area contributed by atoms with Gasteiger partial charge in [-0.3, -0.25) is 14.5 Å². The SMILES string of the molecule is O=C(N[C@@]1(C(F)(F)F)N=C(c2ccccc2)N(C2CCCC2)C1=O)c1ccc(F)cc1. The molecule has 1 saturated carbocycles. The number of amides is 2. The van der Waals surface area contributed by atoms with Crippen LogP contribution >= 0.6 is 0 Å². The molecule has 1 fully saturated rings. The van der Waals surface area contributed by atoms with Gasteiger partial charge < -0.3 is 5.32 Å². The molecule has 0 aromatic heterocycles. The Morgan fingerprint density at radius 3 is 2.23 bits per heavy atom. The van der Waals surface area contributed by atoms with Crippen molar-refractivity contribution in [3.8, 4) is 0 Å². The van der Waals surface area contributed by atoms with Crippen molar-refractivity contribution in [3.63, 3.8) is 0 Å². The predicted molar refractivity (Wildman–Crippen MR) is 105 cm³/mol. The highest BCUT2D eigenvalue weighted by molar-refractivity contribution is 6.17. The molecule has 2 aromatic carbocycles. The highest BCUT2D eigenvalue weighted by atomic mass is 19.4. The summed E-state index contributed by atoms with van der Waals surface area (Å²) < 4.78 is 56.1. The number of aliphatic imine (C=N–C) groups is 1. The van der Waals surface area contributed by atoms with E-state index < -0.39 is 35.5 Å². The average Bonchev–Trinajstić information content (AvgIpc) is 3.36. The van der Waals surface area contributed by atoms with Gasteiger partial charge in [-0.05, 0) is 37.1 Å². The van der Waals surface area contributed by atoms with Crippen molar-refractivity contribution in [2.75, 3.05) is 0 Å². The molecule has 1 N–H and O–H groups in total. The number of amidine groups is 1. The quantitative estimate of drug-likeness (QED) is 0.740. The molecule has 2 amide bonds. The first-order chi connectivity index (χ1) is 14.7. The second kappa shape index (κ2) is 7.79. The van der Waals surface area contributed by atoms with Crippen LogP contribution in [0.25, 0.3) is 0 Å². The zero-order valence-electron chi connectivity index (χ0n) is 16.3. The molecule has 162 valence electrons. The molecule has 0 spiro atoms. The Morgan fingerprint density at radius 1 is 1.03 bits per heavy atom. The second-order valence-electron chi connectivity index (χ2n) is 7.58. The second-order valence-corrected chi connectivity index (χ2v) is 7.58. The first-order valence-electron chi connectivity index (χ1n) is 9.87. The van der Waals surface area contributed by atoms with Gasteiger partial charge in [0.05, 0.1) is 0 Å². The zero-order chi connectivity index (χ0) is 22.2. The molecule has 2 aromatic rings. The van der Waals surface area contributed by atoms with Crippen LogP contribution in [0.2, 0.25) is 0 Å². The lowest BCUT2D eigenvalue weighted by atomic mass is 10.1. The summed E-state index contributed by atoms with van der Waals surface area (Å²) in [7, 11) is 0. The Labute approximate surface area is 175 Å². The first-order valence-corrected chi connectivity index (χ1v) is 9.87. The first kappa shape index (κ1) is 21.0. The number of carbonyl (C=O) groups is 2. The van der Waals surface area contributed by atoms with Gasteiger partial charge in [-0.25, -0.2) is 9.38 Å². The van der Waals surface area contributed by atoms with Crippen molar-refractivity contribution < 1.29 is 27.2 Å². The van der Waals surface area contributed by atoms with E-state index in [0.717, 1.165) is 42.0 Å². The molecule has 4 rings (SSSR count). The van der Waals surface area contributed by atoms with E-state index in [1.807, 2.05) is 0 Å². The Hall–Kier alpha value is -3.23. The summed E-state index contributed by atoms with van der Waals surface area (Å²) in [5.74, 6) is -3.26. The highest BCUT2D eigenvalue weighted by Gasteiger charge is 2.68. The normalized spacial score (nSPS) is 22.0. The molecule has 9 heteroatoms. The van der Waals surface area contributed by atoms with Gasteiger partial charge >= 0.3 is 11.8 Å². The van der Waals surface area contributed by atoms with E-state index in [4.69, 9.17) is 0 Å². The van der Waals surface area contributed by atoms with E-state index in [1.54, 1.807) is 35.6 Å². The molecule has 1 aliphatic carbocycles. The third kappa shape index (κ3) is 3.68. The van der Waals surface area contributed by atoms with E-state index >= 15 is 0 Å². The molecule has 1 aliphatic heterocycles. The molecule has 1 atom stereocenters. The third-order valence-corrected chi connectivity index (χ3v) is 5.56. The van der Waals surface area contributed by atoms with Crippen LogP contribution in [0.15, 0.2) is 59.6 Å². The largest absolute Gasteiger partial charge is 0.442 e. The van der Waals surface area contributed by atoms with Crippen LogP contribution in [0.4, 0.5) is 17.6 Å². The number of nitrogens with one attached hydrogen (secondary N) is 1. The van der Waals surface area contributed by atoms with Gasteiger partial charge in [0.25, 0.3) is 11.8 Å². The van der Waals surface area contributed by atoms with Gasteiger partial charge in [-0.1, -0.05) is 43.2 Å². The molecule has 2 aliphatic rings. The van der Waals surface area contributed by atoms with Crippen LogP contribution < -0.4 is 5.32 Å². The van der Waals surface area contributed by atoms with Gasteiger partial charge in [0, 0.05) is 17.2 Å². The lowest BCUT2D eigenvalue weighted by Gasteiger charge is -2.31. The zero-order valence-corrected chi connectivity index (χ0v) is 16.3. The molecule has 0 radical (unpaired) electrons. The fraction of sp³-hybridized carbons (Fsp3) is 0.318. The minimum absolute atomic E-state index is 0.116. The molecule has 0 saturated heterocycles. The van der Waals surface area contributed by atoms with Gasteiger partial charge in [-0.15, -0.1) is 0 Å². The number of halogens is 4. The number of hydrogen-bond donors (Lipinski definition) is 1. The van der Waals surface area contributed by atoms with Gasteiger partial charge in [0.1, 0.15) is 11.7 Å². The number of carbonyl (C=O) groups excluding carboxylic acids is 2. The van der Waals surface area contributed by atoms with Crippen LogP contribution in [-0.4, -0.2) is 40.4 Å². The van der Waals surface area contributed by atoms with Crippen molar-refractivity contribution >= 4 is 17.6 Å². The summed E-state index contributed by atoms with van der Waals surface area (Å²) in [6, 6.07) is 11.7. The highest BCUT2D eigenvalue weighted by Crippen LogP contribution is 2.41. The minimum atomic E-state index is -5.19. The third-order valence-electron chi connectivity index (χ3n) is 5.56. The summed E-state index contributed by atoms with van der Waals surface area (Å²) in [5, 5.41) is 1.81. The van der Waals surface area contributed by atoms with Crippen molar-refractivity contribution in [3.05, 3.63) is 71.5 Å². The molecule has 31 heavy (non-hydrogen) atoms. The van der Waals surface area contributed by atoms with Gasteiger partial charge in [-0.2, -0.15) is 13.2 Å². The van der Waals surface area contributed by atoms with E-state index in [0.29, 0.717) is 18.4 Å². The summed E-state index contributed by atoms with van der Waals surface area (Å²) in [6.07, 6.45) is -2.50. The summed E-state index contributed by atoms with van der Waals surface area (Å²) in [6.45, 7) is 0. The Bertz CT molecular complexity index is 1020. The van der Waals surface area contributed by atoms with Crippen molar-refractivity contribution in [2.24, 2.45) is 4.99 Å². The molecule has 5 nitrogen and oxygen atoms in total. The smallest absolute Gasteiger partial charge is 0.312 e. The molecule has 0 bridgehead atoms. The minimum Gasteiger partial charge on any atom is -0.312 e. The maximum absolute atomic E-state index is 14.3. The van der Waals surface area contributed by atoms with Crippen LogP contribution in [0.1, 0.15) is 41.6 Å². The lowest BCUT2D eigenvalue weighted by molar-refractivity contribution is -0.196. The molecular weight excluding hydrogens is 414 g/mol. The van der Waals surface area contributed by atoms with E-state index in [-0.39, 0.29) is 11.4 Å². The standard InChI is InChI=1S/C22H19F4N3O2/c23-16-12-10-15(11-13-16)19(30)28-21(22(24,25)26)20(31)29(17-8-4-5-9-17)18(27-21)14-6-2-1-3-7-14/h1-3,6-7,10-13,17H,4-5,8-9H2,(H,28,30)/t21-/m0/s1.